The highest BCUT2D eigenvalue weighted by molar-refractivity contribution is 7.85. The summed E-state index contributed by atoms with van der Waals surface area (Å²) < 4.78 is 12.2. The summed E-state index contributed by atoms with van der Waals surface area (Å²) in [6.45, 7) is 2.21. The lowest BCUT2D eigenvalue weighted by Gasteiger charge is -2.07. The Hall–Kier alpha value is -0.670. The maximum Gasteiger partial charge on any atom is 0.0693 e. The van der Waals surface area contributed by atoms with E-state index in [1.165, 1.54) is 44.9 Å². The summed E-state index contributed by atoms with van der Waals surface area (Å²) in [6, 6.07) is 7.48. The summed E-state index contributed by atoms with van der Waals surface area (Å²) >= 11 is 0. The van der Waals surface area contributed by atoms with E-state index in [2.05, 4.69) is 6.92 Å². The van der Waals surface area contributed by atoms with Gasteiger partial charge in [-0.3, -0.25) is 4.21 Å². The zero-order valence-electron chi connectivity index (χ0n) is 12.6. The Kier molecular flexibility index (Phi) is 9.60. The molecule has 0 saturated heterocycles. The molecule has 0 aromatic heterocycles. The van der Waals surface area contributed by atoms with Crippen LogP contribution in [-0.4, -0.2) is 15.1 Å². The van der Waals surface area contributed by atoms with E-state index in [0.717, 1.165) is 16.9 Å². The van der Waals surface area contributed by atoms with Crippen molar-refractivity contribution in [1.29, 1.82) is 0 Å². The van der Waals surface area contributed by atoms with Crippen LogP contribution in [0.5, 0.6) is 0 Å². The van der Waals surface area contributed by atoms with Crippen molar-refractivity contribution in [3.8, 4) is 0 Å². The number of unbranched alkanes of at least 4 members (excludes halogenated alkanes) is 7. The molecule has 0 spiro atoms. The summed E-state index contributed by atoms with van der Waals surface area (Å²) in [5, 5.41) is 9.25. The lowest BCUT2D eigenvalue weighted by Crippen LogP contribution is -2.02. The quantitative estimate of drug-likeness (QED) is 0.613. The van der Waals surface area contributed by atoms with E-state index < -0.39 is 10.8 Å². The van der Waals surface area contributed by atoms with Crippen molar-refractivity contribution in [2.75, 3.05) is 5.75 Å². The largest absolute Gasteiger partial charge is 0.392 e. The van der Waals surface area contributed by atoms with E-state index >= 15 is 0 Å². The van der Waals surface area contributed by atoms with Crippen LogP contribution in [0.15, 0.2) is 29.2 Å². The second kappa shape index (κ2) is 11.0. The number of hydrogen-bond donors (Lipinski definition) is 1. The zero-order chi connectivity index (χ0) is 14.6. The molecule has 0 radical (unpaired) electrons. The summed E-state index contributed by atoms with van der Waals surface area (Å²) in [6.07, 6.45) is 10.1. The van der Waals surface area contributed by atoms with Gasteiger partial charge in [-0.1, -0.05) is 70.1 Å². The average molecular weight is 296 g/mol. The van der Waals surface area contributed by atoms with Gasteiger partial charge in [0.2, 0.25) is 0 Å². The van der Waals surface area contributed by atoms with Crippen LogP contribution in [0.2, 0.25) is 0 Å². The lowest BCUT2D eigenvalue weighted by molar-refractivity contribution is 0.278. The van der Waals surface area contributed by atoms with Crippen molar-refractivity contribution >= 4 is 10.8 Å². The van der Waals surface area contributed by atoms with Crippen LogP contribution in [0.3, 0.4) is 0 Å². The Bertz CT molecular complexity index is 390. The minimum Gasteiger partial charge on any atom is -0.392 e. The van der Waals surface area contributed by atoms with Crippen molar-refractivity contribution in [3.05, 3.63) is 29.8 Å². The van der Waals surface area contributed by atoms with Gasteiger partial charge < -0.3 is 5.11 Å². The van der Waals surface area contributed by atoms with Gasteiger partial charge in [-0.25, -0.2) is 0 Å². The van der Waals surface area contributed by atoms with Gasteiger partial charge in [0.15, 0.2) is 0 Å². The molecule has 114 valence electrons. The van der Waals surface area contributed by atoms with E-state index in [4.69, 9.17) is 0 Å². The highest BCUT2D eigenvalue weighted by Crippen LogP contribution is 2.16. The fraction of sp³-hybridized carbons (Fsp3) is 0.647. The first-order chi connectivity index (χ1) is 9.79. The van der Waals surface area contributed by atoms with Gasteiger partial charge in [0.1, 0.15) is 0 Å². The molecule has 3 heteroatoms. The third-order valence-corrected chi connectivity index (χ3v) is 5.12. The molecule has 2 nitrogen and oxygen atoms in total. The van der Waals surface area contributed by atoms with Crippen molar-refractivity contribution in [3.63, 3.8) is 0 Å². The van der Waals surface area contributed by atoms with Gasteiger partial charge in [-0.05, 0) is 18.1 Å². The topological polar surface area (TPSA) is 37.3 Å². The first-order valence-corrected chi connectivity index (χ1v) is 9.18. The van der Waals surface area contributed by atoms with Gasteiger partial charge >= 0.3 is 0 Å². The molecule has 0 aliphatic rings. The summed E-state index contributed by atoms with van der Waals surface area (Å²) in [5.74, 6) is 0.714. The second-order valence-corrected chi connectivity index (χ2v) is 6.83. The Morgan fingerprint density at radius 2 is 1.55 bits per heavy atom. The molecule has 1 aromatic carbocycles. The molecule has 0 saturated carbocycles. The first-order valence-electron chi connectivity index (χ1n) is 7.86. The van der Waals surface area contributed by atoms with Crippen LogP contribution in [0.4, 0.5) is 0 Å². The molecule has 20 heavy (non-hydrogen) atoms. The van der Waals surface area contributed by atoms with Crippen molar-refractivity contribution in [2.24, 2.45) is 0 Å². The highest BCUT2D eigenvalue weighted by Gasteiger charge is 2.08. The van der Waals surface area contributed by atoms with Crippen molar-refractivity contribution in [2.45, 2.75) is 69.8 Å². The normalized spacial score (nSPS) is 12.5. The fourth-order valence-electron chi connectivity index (χ4n) is 2.33. The Morgan fingerprint density at radius 3 is 2.20 bits per heavy atom. The van der Waals surface area contributed by atoms with Crippen molar-refractivity contribution in [1.82, 2.24) is 0 Å². The number of rotatable bonds is 11. The maximum atomic E-state index is 12.2. The van der Waals surface area contributed by atoms with E-state index in [0.29, 0.717) is 5.75 Å². The Labute approximate surface area is 126 Å². The molecule has 0 heterocycles. The van der Waals surface area contributed by atoms with E-state index in [1.54, 1.807) is 0 Å². The maximum absolute atomic E-state index is 12.2. The molecule has 0 fully saturated rings. The standard InChI is InChI=1S/C17H28O2S/c1-2-3-4-5-6-7-8-11-14-20(19)17-13-10-9-12-16(17)15-18/h9-10,12-13,18H,2-8,11,14-15H2,1H3. The van der Waals surface area contributed by atoms with Gasteiger partial charge in [0.05, 0.1) is 17.4 Å². The van der Waals surface area contributed by atoms with E-state index in [9.17, 15) is 9.32 Å². The van der Waals surface area contributed by atoms with Crippen molar-refractivity contribution < 1.29 is 9.32 Å². The first kappa shape index (κ1) is 17.4. The third-order valence-electron chi connectivity index (χ3n) is 3.57. The van der Waals surface area contributed by atoms with E-state index in [-0.39, 0.29) is 6.61 Å². The minimum absolute atomic E-state index is 0.0284. The molecular weight excluding hydrogens is 268 g/mol. The highest BCUT2D eigenvalue weighted by atomic mass is 32.2. The molecule has 0 aliphatic carbocycles. The van der Waals surface area contributed by atoms with Gasteiger partial charge in [-0.15, -0.1) is 0 Å². The molecular formula is C17H28O2S. The smallest absolute Gasteiger partial charge is 0.0693 e. The zero-order valence-corrected chi connectivity index (χ0v) is 13.5. The number of benzene rings is 1. The third kappa shape index (κ3) is 6.67. The monoisotopic (exact) mass is 296 g/mol. The van der Waals surface area contributed by atoms with Gasteiger partial charge in [0, 0.05) is 10.6 Å². The molecule has 1 N–H and O–H groups in total. The van der Waals surface area contributed by atoms with Crippen LogP contribution in [0.25, 0.3) is 0 Å². The molecule has 1 rings (SSSR count). The predicted octanol–water partition coefficient (Wildman–Crippen LogP) is 4.43. The fourth-order valence-corrected chi connectivity index (χ4v) is 3.68. The Morgan fingerprint density at radius 1 is 0.950 bits per heavy atom. The summed E-state index contributed by atoms with van der Waals surface area (Å²) in [5.41, 5.74) is 0.797. The molecule has 1 unspecified atom stereocenters. The van der Waals surface area contributed by atoms with Gasteiger partial charge in [-0.2, -0.15) is 0 Å². The van der Waals surface area contributed by atoms with Gasteiger partial charge in [0.25, 0.3) is 0 Å². The summed E-state index contributed by atoms with van der Waals surface area (Å²) in [4.78, 5) is 0.804. The van der Waals surface area contributed by atoms with E-state index in [1.807, 2.05) is 24.3 Å². The Balaban J connectivity index is 2.17. The van der Waals surface area contributed by atoms with Crippen LogP contribution >= 0.6 is 0 Å². The number of aliphatic hydroxyl groups is 1. The predicted molar refractivity (Wildman–Crippen MR) is 86.3 cm³/mol. The molecule has 0 amide bonds. The summed E-state index contributed by atoms with van der Waals surface area (Å²) in [7, 11) is -0.965. The number of aliphatic hydroxyl groups excluding tert-OH is 1. The number of hydrogen-bond acceptors (Lipinski definition) is 2. The second-order valence-electron chi connectivity index (χ2n) is 5.29. The molecule has 0 aliphatic heterocycles. The van der Waals surface area contributed by atoms with Crippen LogP contribution < -0.4 is 0 Å². The van der Waals surface area contributed by atoms with Crippen LogP contribution in [0.1, 0.15) is 63.9 Å². The molecule has 0 bridgehead atoms. The van der Waals surface area contributed by atoms with Crippen LogP contribution in [-0.2, 0) is 17.4 Å². The van der Waals surface area contributed by atoms with Crippen LogP contribution in [0, 0.1) is 0 Å². The molecule has 1 atom stereocenters. The SMILES string of the molecule is CCCCCCCCCCS(=O)c1ccccc1CO. The minimum atomic E-state index is -0.965. The average Bonchev–Trinajstić information content (AvgIpc) is 2.49. The molecule has 1 aromatic rings. The lowest BCUT2D eigenvalue weighted by atomic mass is 10.1.